The largest absolute Gasteiger partial charge is 0.417 e. The van der Waals surface area contributed by atoms with Crippen molar-refractivity contribution >= 4 is 27.2 Å². The fourth-order valence-electron chi connectivity index (χ4n) is 3.04. The molecule has 1 heterocycles. The normalized spacial score (nSPS) is 14.7. The molecule has 0 saturated heterocycles. The number of hydrogen-bond acceptors (Lipinski definition) is 2. The average Bonchev–Trinajstić information content (AvgIpc) is 2.60. The first-order valence-corrected chi connectivity index (χ1v) is 8.70. The van der Waals surface area contributed by atoms with Crippen LogP contribution in [0.5, 0.6) is 0 Å². The molecule has 1 aliphatic rings. The summed E-state index contributed by atoms with van der Waals surface area (Å²) >= 11 is 3.02. The van der Waals surface area contributed by atoms with E-state index in [1.165, 1.54) is 18.2 Å². The second-order valence-electron chi connectivity index (χ2n) is 6.01. The van der Waals surface area contributed by atoms with E-state index in [1.54, 1.807) is 17.0 Å². The second-order valence-corrected chi connectivity index (χ2v) is 6.92. The van der Waals surface area contributed by atoms with E-state index in [1.807, 2.05) is 0 Å². The molecule has 0 amide bonds. The second kappa shape index (κ2) is 7.31. The van der Waals surface area contributed by atoms with Gasteiger partial charge in [-0.1, -0.05) is 22.0 Å². The lowest BCUT2D eigenvalue weighted by atomic mass is 9.97. The molecule has 2 aromatic carbocycles. The summed E-state index contributed by atoms with van der Waals surface area (Å²) in [5.41, 5.74) is -0.791. The van der Waals surface area contributed by atoms with E-state index < -0.39 is 28.9 Å². The SMILES string of the molecule is N#Cc1ccc(N2CC=C(c3c(F)cc(Br)cc3F)CC2)cc1C(F)(F)F. The monoisotopic (exact) mass is 442 g/mol. The topological polar surface area (TPSA) is 27.0 Å². The third-order valence-corrected chi connectivity index (χ3v) is 4.79. The van der Waals surface area contributed by atoms with E-state index in [0.717, 1.165) is 12.1 Å². The molecule has 2 aromatic rings. The van der Waals surface area contributed by atoms with Crippen molar-refractivity contribution in [3.8, 4) is 6.07 Å². The van der Waals surface area contributed by atoms with Crippen LogP contribution >= 0.6 is 15.9 Å². The number of nitriles is 1. The number of benzene rings is 2. The van der Waals surface area contributed by atoms with Gasteiger partial charge >= 0.3 is 6.18 Å². The highest BCUT2D eigenvalue weighted by Gasteiger charge is 2.34. The molecular weight excluding hydrogens is 431 g/mol. The molecule has 0 aromatic heterocycles. The predicted octanol–water partition coefficient (Wildman–Crippen LogP) is 5.91. The number of hydrogen-bond donors (Lipinski definition) is 0. The lowest BCUT2D eigenvalue weighted by Crippen LogP contribution is -2.29. The molecule has 0 radical (unpaired) electrons. The maximum Gasteiger partial charge on any atom is 0.417 e. The quantitative estimate of drug-likeness (QED) is 0.540. The van der Waals surface area contributed by atoms with Crippen molar-refractivity contribution in [3.05, 3.63) is 69.2 Å². The fraction of sp³-hybridized carbons (Fsp3) is 0.211. The zero-order chi connectivity index (χ0) is 19.8. The van der Waals surface area contributed by atoms with Gasteiger partial charge in [-0.3, -0.25) is 0 Å². The lowest BCUT2D eigenvalue weighted by Gasteiger charge is -2.29. The Morgan fingerprint density at radius 2 is 1.74 bits per heavy atom. The highest BCUT2D eigenvalue weighted by molar-refractivity contribution is 9.10. The van der Waals surface area contributed by atoms with Crippen molar-refractivity contribution in [1.29, 1.82) is 5.26 Å². The van der Waals surface area contributed by atoms with Gasteiger partial charge in [0, 0.05) is 28.8 Å². The van der Waals surface area contributed by atoms with Gasteiger partial charge in [0.05, 0.1) is 17.2 Å². The number of rotatable bonds is 2. The number of alkyl halides is 3. The van der Waals surface area contributed by atoms with E-state index in [9.17, 15) is 22.0 Å². The van der Waals surface area contributed by atoms with E-state index in [0.29, 0.717) is 17.8 Å². The van der Waals surface area contributed by atoms with Crippen molar-refractivity contribution in [3.63, 3.8) is 0 Å². The Morgan fingerprint density at radius 1 is 1.07 bits per heavy atom. The third-order valence-electron chi connectivity index (χ3n) is 4.33. The van der Waals surface area contributed by atoms with Gasteiger partial charge < -0.3 is 4.90 Å². The molecule has 27 heavy (non-hydrogen) atoms. The van der Waals surface area contributed by atoms with Crippen molar-refractivity contribution in [2.45, 2.75) is 12.6 Å². The van der Waals surface area contributed by atoms with Crippen LogP contribution < -0.4 is 4.90 Å². The number of anilines is 1. The molecule has 3 rings (SSSR count). The van der Waals surface area contributed by atoms with E-state index >= 15 is 0 Å². The van der Waals surface area contributed by atoms with Crippen LogP contribution in [-0.2, 0) is 6.18 Å². The van der Waals surface area contributed by atoms with Crippen LogP contribution in [0.15, 0.2) is 40.9 Å². The van der Waals surface area contributed by atoms with Crippen LogP contribution in [0, 0.1) is 23.0 Å². The molecule has 0 N–H and O–H groups in total. The maximum absolute atomic E-state index is 14.1. The van der Waals surface area contributed by atoms with Crippen LogP contribution in [0.4, 0.5) is 27.6 Å². The number of halogens is 6. The van der Waals surface area contributed by atoms with Gasteiger partial charge in [-0.05, 0) is 42.3 Å². The molecule has 1 aliphatic heterocycles. The van der Waals surface area contributed by atoms with Crippen molar-refractivity contribution in [2.24, 2.45) is 0 Å². The van der Waals surface area contributed by atoms with Crippen LogP contribution in [0.2, 0.25) is 0 Å². The van der Waals surface area contributed by atoms with E-state index in [4.69, 9.17) is 5.26 Å². The maximum atomic E-state index is 14.1. The molecule has 2 nitrogen and oxygen atoms in total. The van der Waals surface area contributed by atoms with E-state index in [-0.39, 0.29) is 23.0 Å². The first-order chi connectivity index (χ1) is 12.7. The molecule has 0 saturated carbocycles. The Labute approximate surface area is 160 Å². The summed E-state index contributed by atoms with van der Waals surface area (Å²) in [6, 6.07) is 7.37. The Hall–Kier alpha value is -2.40. The lowest BCUT2D eigenvalue weighted by molar-refractivity contribution is -0.137. The summed E-state index contributed by atoms with van der Waals surface area (Å²) in [5.74, 6) is -1.39. The van der Waals surface area contributed by atoms with Gasteiger partial charge in [0.1, 0.15) is 11.6 Å². The van der Waals surface area contributed by atoms with Gasteiger partial charge in [0.25, 0.3) is 0 Å². The van der Waals surface area contributed by atoms with Gasteiger partial charge in [0.15, 0.2) is 0 Å². The van der Waals surface area contributed by atoms with Gasteiger partial charge in [-0.2, -0.15) is 18.4 Å². The average molecular weight is 443 g/mol. The molecule has 0 bridgehead atoms. The molecule has 0 fully saturated rings. The van der Waals surface area contributed by atoms with Gasteiger partial charge in [-0.25, -0.2) is 8.78 Å². The molecule has 0 aliphatic carbocycles. The Bertz CT molecular complexity index is 937. The molecule has 8 heteroatoms. The molecule has 0 spiro atoms. The van der Waals surface area contributed by atoms with Crippen molar-refractivity contribution < 1.29 is 22.0 Å². The minimum atomic E-state index is -4.64. The van der Waals surface area contributed by atoms with E-state index in [2.05, 4.69) is 15.9 Å². The number of nitrogens with zero attached hydrogens (tertiary/aromatic N) is 2. The summed E-state index contributed by atoms with van der Waals surface area (Å²) in [6.07, 6.45) is -2.76. The Morgan fingerprint density at radius 3 is 2.26 bits per heavy atom. The van der Waals surface area contributed by atoms with Gasteiger partial charge in [-0.15, -0.1) is 0 Å². The summed E-state index contributed by atoms with van der Waals surface area (Å²) < 4.78 is 67.9. The Kier molecular flexibility index (Phi) is 5.24. The standard InChI is InChI=1S/C19H12BrF5N2/c20-13-7-16(21)18(17(22)8-13)11-3-5-27(6-4-11)14-2-1-12(10-26)15(9-14)19(23,24)25/h1-3,7-9H,4-6H2. The van der Waals surface area contributed by atoms with Crippen LogP contribution in [0.3, 0.4) is 0 Å². The highest BCUT2D eigenvalue weighted by atomic mass is 79.9. The molecular formula is C19H12BrF5N2. The zero-order valence-electron chi connectivity index (χ0n) is 13.7. The van der Waals surface area contributed by atoms with Crippen LogP contribution in [0.25, 0.3) is 5.57 Å². The summed E-state index contributed by atoms with van der Waals surface area (Å²) in [7, 11) is 0. The highest BCUT2D eigenvalue weighted by Crippen LogP contribution is 2.36. The fourth-order valence-corrected chi connectivity index (χ4v) is 3.44. The van der Waals surface area contributed by atoms with Gasteiger partial charge in [0.2, 0.25) is 0 Å². The van der Waals surface area contributed by atoms with Crippen LogP contribution in [-0.4, -0.2) is 13.1 Å². The van der Waals surface area contributed by atoms with Crippen molar-refractivity contribution in [1.82, 2.24) is 0 Å². The first-order valence-electron chi connectivity index (χ1n) is 7.91. The first kappa shape index (κ1) is 19.4. The Balaban J connectivity index is 1.89. The summed E-state index contributed by atoms with van der Waals surface area (Å²) in [5, 5.41) is 8.87. The third kappa shape index (κ3) is 3.98. The zero-order valence-corrected chi connectivity index (χ0v) is 15.3. The van der Waals surface area contributed by atoms with Crippen molar-refractivity contribution in [2.75, 3.05) is 18.0 Å². The molecule has 0 atom stereocenters. The smallest absolute Gasteiger partial charge is 0.367 e. The minimum absolute atomic E-state index is 0.117. The summed E-state index contributed by atoms with van der Waals surface area (Å²) in [4.78, 5) is 1.66. The predicted molar refractivity (Wildman–Crippen MR) is 95.0 cm³/mol. The molecule has 0 unspecified atom stereocenters. The minimum Gasteiger partial charge on any atom is -0.367 e. The summed E-state index contributed by atoms with van der Waals surface area (Å²) in [6.45, 7) is 0.497. The molecule has 140 valence electrons. The van der Waals surface area contributed by atoms with Crippen LogP contribution in [0.1, 0.15) is 23.1 Å².